The number of hydrogen-bond acceptors (Lipinski definition) is 7. The first-order valence-corrected chi connectivity index (χ1v) is 13.8. The van der Waals surface area contributed by atoms with Crippen molar-refractivity contribution < 1.29 is 22.7 Å². The number of ether oxygens (including phenoxy) is 1. The molecule has 1 aromatic carbocycles. The molecule has 2 aromatic rings. The van der Waals surface area contributed by atoms with E-state index in [1.165, 1.54) is 22.8 Å². The molecule has 2 aliphatic rings. The SMILES string of the molecule is COC(=O)c1c(NC(=O)C2CCCN2S(=O)(=O)c2ccc(C)cc2)sc2c1CCN(C(C)C)C2. The van der Waals surface area contributed by atoms with Crippen LogP contribution in [0.5, 0.6) is 0 Å². The highest BCUT2D eigenvalue weighted by molar-refractivity contribution is 7.89. The summed E-state index contributed by atoms with van der Waals surface area (Å²) >= 11 is 1.38. The van der Waals surface area contributed by atoms with E-state index in [0.717, 1.165) is 22.5 Å². The normalized spacial score (nSPS) is 19.3. The Labute approximate surface area is 204 Å². The molecule has 34 heavy (non-hydrogen) atoms. The van der Waals surface area contributed by atoms with Crippen molar-refractivity contribution in [2.24, 2.45) is 0 Å². The van der Waals surface area contributed by atoms with E-state index in [1.807, 2.05) is 6.92 Å². The van der Waals surface area contributed by atoms with Crippen LogP contribution in [-0.4, -0.2) is 61.8 Å². The number of carbonyl (C=O) groups excluding carboxylic acids is 2. The lowest BCUT2D eigenvalue weighted by Crippen LogP contribution is -2.43. The molecule has 1 N–H and O–H groups in total. The molecule has 10 heteroatoms. The highest BCUT2D eigenvalue weighted by Gasteiger charge is 2.40. The van der Waals surface area contributed by atoms with E-state index in [1.54, 1.807) is 24.3 Å². The number of nitrogens with zero attached hydrogens (tertiary/aromatic N) is 2. The minimum atomic E-state index is -3.81. The summed E-state index contributed by atoms with van der Waals surface area (Å²) in [6, 6.07) is 6.17. The van der Waals surface area contributed by atoms with E-state index in [4.69, 9.17) is 4.74 Å². The first-order valence-electron chi connectivity index (χ1n) is 11.5. The molecule has 1 saturated heterocycles. The van der Waals surface area contributed by atoms with Crippen molar-refractivity contribution >= 4 is 38.2 Å². The number of hydrogen-bond donors (Lipinski definition) is 1. The van der Waals surface area contributed by atoms with Crippen molar-refractivity contribution in [1.29, 1.82) is 0 Å². The average Bonchev–Trinajstić information content (AvgIpc) is 3.43. The summed E-state index contributed by atoms with van der Waals surface area (Å²) in [5, 5.41) is 3.32. The zero-order valence-corrected chi connectivity index (χ0v) is 21.6. The monoisotopic (exact) mass is 505 g/mol. The van der Waals surface area contributed by atoms with Crippen molar-refractivity contribution in [3.63, 3.8) is 0 Å². The van der Waals surface area contributed by atoms with Crippen LogP contribution in [0.3, 0.4) is 0 Å². The van der Waals surface area contributed by atoms with Gasteiger partial charge in [-0.1, -0.05) is 17.7 Å². The molecule has 0 spiro atoms. The number of methoxy groups -OCH3 is 1. The summed E-state index contributed by atoms with van der Waals surface area (Å²) in [6.07, 6.45) is 1.72. The van der Waals surface area contributed by atoms with Gasteiger partial charge < -0.3 is 10.1 Å². The van der Waals surface area contributed by atoms with E-state index >= 15 is 0 Å². The molecule has 8 nitrogen and oxygen atoms in total. The Kier molecular flexibility index (Phi) is 7.14. The van der Waals surface area contributed by atoms with Crippen LogP contribution >= 0.6 is 11.3 Å². The number of rotatable bonds is 6. The molecule has 4 rings (SSSR count). The van der Waals surface area contributed by atoms with E-state index in [-0.39, 0.29) is 11.4 Å². The van der Waals surface area contributed by atoms with Crippen molar-refractivity contribution in [3.05, 3.63) is 45.8 Å². The van der Waals surface area contributed by atoms with Crippen LogP contribution in [0.25, 0.3) is 0 Å². The number of nitrogens with one attached hydrogen (secondary N) is 1. The van der Waals surface area contributed by atoms with Crippen LogP contribution in [0.4, 0.5) is 5.00 Å². The van der Waals surface area contributed by atoms with Crippen molar-refractivity contribution in [3.8, 4) is 0 Å². The fraction of sp³-hybridized carbons (Fsp3) is 0.500. The highest BCUT2D eigenvalue weighted by atomic mass is 32.2. The highest BCUT2D eigenvalue weighted by Crippen LogP contribution is 2.38. The second kappa shape index (κ2) is 9.77. The Morgan fingerprint density at radius 2 is 1.88 bits per heavy atom. The molecule has 1 amide bonds. The largest absolute Gasteiger partial charge is 0.465 e. The van der Waals surface area contributed by atoms with Gasteiger partial charge in [0.15, 0.2) is 0 Å². The van der Waals surface area contributed by atoms with Crippen LogP contribution in [-0.2, 0) is 32.5 Å². The van der Waals surface area contributed by atoms with E-state index < -0.39 is 27.9 Å². The molecule has 1 unspecified atom stereocenters. The molecule has 1 fully saturated rings. The number of thiophene rings is 1. The molecule has 3 heterocycles. The minimum Gasteiger partial charge on any atom is -0.465 e. The summed E-state index contributed by atoms with van der Waals surface area (Å²) in [6.45, 7) is 7.96. The quantitative estimate of drug-likeness (QED) is 0.605. The Balaban J connectivity index is 1.61. The third-order valence-electron chi connectivity index (χ3n) is 6.58. The molecule has 184 valence electrons. The number of carbonyl (C=O) groups is 2. The second-order valence-corrected chi connectivity index (χ2v) is 12.1. The van der Waals surface area contributed by atoms with Crippen LogP contribution in [0, 0.1) is 6.92 Å². The molecule has 0 saturated carbocycles. The van der Waals surface area contributed by atoms with Gasteiger partial charge in [-0.25, -0.2) is 13.2 Å². The molecular weight excluding hydrogens is 474 g/mol. The number of amides is 1. The second-order valence-electron chi connectivity index (χ2n) is 9.09. The lowest BCUT2D eigenvalue weighted by Gasteiger charge is -2.30. The first-order chi connectivity index (χ1) is 16.1. The molecule has 1 aromatic heterocycles. The van der Waals surface area contributed by atoms with Crippen LogP contribution in [0.2, 0.25) is 0 Å². The lowest BCUT2D eigenvalue weighted by atomic mass is 10.0. The van der Waals surface area contributed by atoms with Gasteiger partial charge in [0.05, 0.1) is 17.6 Å². The molecule has 0 bridgehead atoms. The standard InChI is InChI=1S/C24H31N3O5S2/c1-15(2)26-13-11-18-20(14-26)33-23(21(18)24(29)32-4)25-22(28)19-6-5-12-27(19)34(30,31)17-9-7-16(3)8-10-17/h7-10,15,19H,5-6,11-14H2,1-4H3,(H,25,28). The molecule has 1 atom stereocenters. The summed E-state index contributed by atoms with van der Waals surface area (Å²) in [5.41, 5.74) is 2.27. The van der Waals surface area contributed by atoms with Gasteiger partial charge in [-0.15, -0.1) is 11.3 Å². The van der Waals surface area contributed by atoms with E-state index in [9.17, 15) is 18.0 Å². The van der Waals surface area contributed by atoms with Gasteiger partial charge in [-0.2, -0.15) is 4.31 Å². The van der Waals surface area contributed by atoms with Gasteiger partial charge in [-0.3, -0.25) is 9.69 Å². The number of esters is 1. The number of fused-ring (bicyclic) bond motifs is 1. The maximum absolute atomic E-state index is 13.3. The molecule has 0 radical (unpaired) electrons. The van der Waals surface area contributed by atoms with E-state index in [2.05, 4.69) is 24.1 Å². The Morgan fingerprint density at radius 3 is 2.53 bits per heavy atom. The summed E-state index contributed by atoms with van der Waals surface area (Å²) < 4.78 is 32.8. The lowest BCUT2D eigenvalue weighted by molar-refractivity contribution is -0.119. The predicted molar refractivity (Wildman–Crippen MR) is 132 cm³/mol. The smallest absolute Gasteiger partial charge is 0.341 e. The average molecular weight is 506 g/mol. The summed E-state index contributed by atoms with van der Waals surface area (Å²) in [4.78, 5) is 29.5. The van der Waals surface area contributed by atoms with Gasteiger partial charge >= 0.3 is 5.97 Å². The molecule has 0 aliphatic carbocycles. The minimum absolute atomic E-state index is 0.174. The van der Waals surface area contributed by atoms with Gasteiger partial charge in [0.2, 0.25) is 15.9 Å². The van der Waals surface area contributed by atoms with Gasteiger partial charge in [-0.05, 0) is 57.7 Å². The van der Waals surface area contributed by atoms with Gasteiger partial charge in [0.1, 0.15) is 11.0 Å². The van der Waals surface area contributed by atoms with Crippen LogP contribution < -0.4 is 5.32 Å². The van der Waals surface area contributed by atoms with Crippen molar-refractivity contribution in [1.82, 2.24) is 9.21 Å². The maximum atomic E-state index is 13.3. The molecule has 2 aliphatic heterocycles. The third-order valence-corrected chi connectivity index (χ3v) is 9.63. The maximum Gasteiger partial charge on any atom is 0.341 e. The Morgan fingerprint density at radius 1 is 1.18 bits per heavy atom. The first kappa shape index (κ1) is 24.8. The zero-order chi connectivity index (χ0) is 24.6. The van der Waals surface area contributed by atoms with Crippen LogP contribution in [0.15, 0.2) is 29.2 Å². The van der Waals surface area contributed by atoms with E-state index in [0.29, 0.717) is 42.4 Å². The van der Waals surface area contributed by atoms with Crippen LogP contribution in [0.1, 0.15) is 53.1 Å². The third kappa shape index (κ3) is 4.64. The Hall–Kier alpha value is -2.27. The fourth-order valence-corrected chi connectivity index (χ4v) is 7.52. The van der Waals surface area contributed by atoms with Gasteiger partial charge in [0.25, 0.3) is 0 Å². The number of aryl methyl sites for hydroxylation is 1. The zero-order valence-electron chi connectivity index (χ0n) is 20.0. The topological polar surface area (TPSA) is 96.0 Å². The molecular formula is C24H31N3O5S2. The fourth-order valence-electron chi connectivity index (χ4n) is 4.60. The predicted octanol–water partition coefficient (Wildman–Crippen LogP) is 3.40. The summed E-state index contributed by atoms with van der Waals surface area (Å²) in [7, 11) is -2.49. The van der Waals surface area contributed by atoms with Crippen molar-refractivity contribution in [2.45, 2.75) is 63.6 Å². The van der Waals surface area contributed by atoms with Crippen molar-refractivity contribution in [2.75, 3.05) is 25.5 Å². The van der Waals surface area contributed by atoms with Gasteiger partial charge in [0, 0.05) is 30.6 Å². The number of benzene rings is 1. The summed E-state index contributed by atoms with van der Waals surface area (Å²) in [5.74, 6) is -0.904. The number of anilines is 1. The number of sulfonamides is 1. The Bertz CT molecular complexity index is 1190.